The summed E-state index contributed by atoms with van der Waals surface area (Å²) in [6, 6.07) is 16.8. The minimum atomic E-state index is -0.833. The van der Waals surface area contributed by atoms with Crippen LogP contribution in [0.3, 0.4) is 0 Å². The van der Waals surface area contributed by atoms with Crippen molar-refractivity contribution in [3.05, 3.63) is 58.6 Å². The second-order valence-electron chi connectivity index (χ2n) is 3.84. The highest BCUT2D eigenvalue weighted by molar-refractivity contribution is 9.10. The highest BCUT2D eigenvalue weighted by Crippen LogP contribution is 2.25. The van der Waals surface area contributed by atoms with Crippen LogP contribution in [0, 0.1) is 6.92 Å². The van der Waals surface area contributed by atoms with Gasteiger partial charge in [-0.1, -0.05) is 52.3 Å². The normalized spacial score (nSPS) is 9.28. The van der Waals surface area contributed by atoms with Crippen LogP contribution < -0.4 is 0 Å². The molecular weight excluding hydrogens is 292 g/mol. The first-order chi connectivity index (χ1) is 8.50. The molecule has 0 saturated heterocycles. The molecule has 0 aliphatic rings. The summed E-state index contributed by atoms with van der Waals surface area (Å²) in [6.45, 7) is 3.22. The number of benzene rings is 2. The molecule has 2 aromatic rings. The molecule has 94 valence electrons. The van der Waals surface area contributed by atoms with Gasteiger partial charge in [-0.05, 0) is 35.7 Å². The van der Waals surface area contributed by atoms with Gasteiger partial charge in [-0.15, -0.1) is 0 Å². The van der Waals surface area contributed by atoms with E-state index in [9.17, 15) is 0 Å². The van der Waals surface area contributed by atoms with Gasteiger partial charge >= 0.3 is 0 Å². The van der Waals surface area contributed by atoms with Crippen molar-refractivity contribution in [2.75, 3.05) is 0 Å². The van der Waals surface area contributed by atoms with Crippen molar-refractivity contribution in [3.63, 3.8) is 0 Å². The average Bonchev–Trinajstić information content (AvgIpc) is 2.29. The molecule has 0 radical (unpaired) electrons. The van der Waals surface area contributed by atoms with E-state index in [1.165, 1.54) is 16.7 Å². The fraction of sp³-hybridized carbons (Fsp3) is 0.133. The van der Waals surface area contributed by atoms with Crippen LogP contribution in [0.15, 0.2) is 53.0 Å². The molecule has 2 rings (SSSR count). The van der Waals surface area contributed by atoms with Gasteiger partial charge < -0.3 is 5.11 Å². The molecule has 2 nitrogen and oxygen atoms in total. The molecular formula is C15H15BrO2. The van der Waals surface area contributed by atoms with E-state index in [4.69, 9.17) is 9.90 Å². The van der Waals surface area contributed by atoms with Gasteiger partial charge in [0, 0.05) is 11.4 Å². The van der Waals surface area contributed by atoms with E-state index < -0.39 is 5.97 Å². The zero-order chi connectivity index (χ0) is 13.5. The molecule has 3 heteroatoms. The highest BCUT2D eigenvalue weighted by atomic mass is 79.9. The zero-order valence-electron chi connectivity index (χ0n) is 10.4. The molecule has 0 fully saturated rings. The Labute approximate surface area is 115 Å². The maximum atomic E-state index is 9.00. The fourth-order valence-electron chi connectivity index (χ4n) is 1.57. The topological polar surface area (TPSA) is 37.3 Å². The third-order valence-corrected chi connectivity index (χ3v) is 2.77. The number of hydrogen-bond acceptors (Lipinski definition) is 1. The summed E-state index contributed by atoms with van der Waals surface area (Å²) in [4.78, 5) is 9.00. The van der Waals surface area contributed by atoms with Gasteiger partial charge in [0.2, 0.25) is 0 Å². The maximum Gasteiger partial charge on any atom is 0.300 e. The number of aryl methyl sites for hydroxylation is 1. The first-order valence-corrected chi connectivity index (χ1v) is 6.31. The Morgan fingerprint density at radius 2 is 1.67 bits per heavy atom. The van der Waals surface area contributed by atoms with Crippen LogP contribution >= 0.6 is 15.9 Å². The van der Waals surface area contributed by atoms with Crippen LogP contribution in [0.1, 0.15) is 12.5 Å². The molecule has 0 heterocycles. The summed E-state index contributed by atoms with van der Waals surface area (Å²) < 4.78 is 1.13. The van der Waals surface area contributed by atoms with Crippen molar-refractivity contribution >= 4 is 21.9 Å². The van der Waals surface area contributed by atoms with Gasteiger partial charge in [0.05, 0.1) is 0 Å². The van der Waals surface area contributed by atoms with Crippen LogP contribution in [0.2, 0.25) is 0 Å². The Hall–Kier alpha value is -1.61. The van der Waals surface area contributed by atoms with Gasteiger partial charge in [-0.2, -0.15) is 0 Å². The van der Waals surface area contributed by atoms with Crippen LogP contribution in [-0.4, -0.2) is 11.1 Å². The zero-order valence-corrected chi connectivity index (χ0v) is 11.9. The molecule has 0 atom stereocenters. The van der Waals surface area contributed by atoms with Crippen molar-refractivity contribution in [2.24, 2.45) is 0 Å². The molecule has 2 aromatic carbocycles. The molecule has 0 aromatic heterocycles. The Kier molecular flexibility index (Phi) is 5.59. The summed E-state index contributed by atoms with van der Waals surface area (Å²) in [5, 5.41) is 7.42. The largest absolute Gasteiger partial charge is 0.481 e. The van der Waals surface area contributed by atoms with E-state index >= 15 is 0 Å². The SMILES string of the molecule is CC(=O)O.Cc1cc(Br)ccc1-c1ccccc1. The lowest BCUT2D eigenvalue weighted by molar-refractivity contribution is -0.134. The van der Waals surface area contributed by atoms with Crippen LogP contribution in [0.25, 0.3) is 11.1 Å². The molecule has 0 aliphatic heterocycles. The van der Waals surface area contributed by atoms with E-state index in [2.05, 4.69) is 65.3 Å². The maximum absolute atomic E-state index is 9.00. The van der Waals surface area contributed by atoms with E-state index in [0.717, 1.165) is 11.4 Å². The monoisotopic (exact) mass is 306 g/mol. The fourth-order valence-corrected chi connectivity index (χ4v) is 2.04. The van der Waals surface area contributed by atoms with Gasteiger partial charge in [0.15, 0.2) is 0 Å². The number of carboxylic acids is 1. The quantitative estimate of drug-likeness (QED) is 0.841. The predicted octanol–water partition coefficient (Wildman–Crippen LogP) is 4.52. The molecule has 0 aliphatic carbocycles. The Morgan fingerprint density at radius 3 is 2.17 bits per heavy atom. The Bertz CT molecular complexity index is 517. The number of hydrogen-bond donors (Lipinski definition) is 1. The van der Waals surface area contributed by atoms with Gasteiger partial charge in [0.1, 0.15) is 0 Å². The molecule has 0 amide bonds. The number of rotatable bonds is 1. The van der Waals surface area contributed by atoms with E-state index in [1.54, 1.807) is 0 Å². The number of carbonyl (C=O) groups is 1. The lowest BCUT2D eigenvalue weighted by Crippen LogP contribution is -1.82. The lowest BCUT2D eigenvalue weighted by atomic mass is 10.0. The first kappa shape index (κ1) is 14.5. The van der Waals surface area contributed by atoms with Crippen molar-refractivity contribution < 1.29 is 9.90 Å². The molecule has 0 unspecified atom stereocenters. The van der Waals surface area contributed by atoms with Crippen LogP contribution in [-0.2, 0) is 4.79 Å². The predicted molar refractivity (Wildman–Crippen MR) is 77.6 cm³/mol. The first-order valence-electron chi connectivity index (χ1n) is 5.52. The van der Waals surface area contributed by atoms with E-state index in [0.29, 0.717) is 0 Å². The summed E-state index contributed by atoms with van der Waals surface area (Å²) in [5.41, 5.74) is 3.87. The highest BCUT2D eigenvalue weighted by Gasteiger charge is 2.00. The van der Waals surface area contributed by atoms with Crippen molar-refractivity contribution in [2.45, 2.75) is 13.8 Å². The van der Waals surface area contributed by atoms with Crippen LogP contribution in [0.4, 0.5) is 0 Å². The summed E-state index contributed by atoms with van der Waals surface area (Å²) in [6.07, 6.45) is 0. The lowest BCUT2D eigenvalue weighted by Gasteiger charge is -2.05. The molecule has 0 saturated carbocycles. The third-order valence-electron chi connectivity index (χ3n) is 2.27. The number of halogens is 1. The standard InChI is InChI=1S/C13H11Br.C2H4O2/c1-10-9-12(14)7-8-13(10)11-5-3-2-4-6-11;1-2(3)4/h2-9H,1H3;1H3,(H,3,4). The summed E-state index contributed by atoms with van der Waals surface area (Å²) in [5.74, 6) is -0.833. The summed E-state index contributed by atoms with van der Waals surface area (Å²) in [7, 11) is 0. The second-order valence-corrected chi connectivity index (χ2v) is 4.76. The van der Waals surface area contributed by atoms with Gasteiger partial charge in [0.25, 0.3) is 5.97 Å². The van der Waals surface area contributed by atoms with Crippen molar-refractivity contribution in [3.8, 4) is 11.1 Å². The van der Waals surface area contributed by atoms with E-state index in [-0.39, 0.29) is 0 Å². The number of carboxylic acid groups (broad SMARTS) is 1. The van der Waals surface area contributed by atoms with Crippen molar-refractivity contribution in [1.29, 1.82) is 0 Å². The average molecular weight is 307 g/mol. The molecule has 0 bridgehead atoms. The smallest absolute Gasteiger partial charge is 0.300 e. The Balaban J connectivity index is 0.000000357. The number of aliphatic carboxylic acids is 1. The van der Waals surface area contributed by atoms with Crippen molar-refractivity contribution in [1.82, 2.24) is 0 Å². The third kappa shape index (κ3) is 4.72. The minimum Gasteiger partial charge on any atom is -0.481 e. The Morgan fingerprint density at radius 1 is 1.11 bits per heavy atom. The van der Waals surface area contributed by atoms with Gasteiger partial charge in [-0.3, -0.25) is 4.79 Å². The molecule has 1 N–H and O–H groups in total. The second kappa shape index (κ2) is 6.97. The van der Waals surface area contributed by atoms with Crippen LogP contribution in [0.5, 0.6) is 0 Å². The molecule has 0 spiro atoms. The van der Waals surface area contributed by atoms with E-state index in [1.807, 2.05) is 6.07 Å². The summed E-state index contributed by atoms with van der Waals surface area (Å²) >= 11 is 3.47. The van der Waals surface area contributed by atoms with Gasteiger partial charge in [-0.25, -0.2) is 0 Å². The molecule has 18 heavy (non-hydrogen) atoms. The minimum absolute atomic E-state index is 0.833.